The Bertz CT molecular complexity index is 848. The van der Waals surface area contributed by atoms with E-state index in [1.807, 2.05) is 31.2 Å². The predicted molar refractivity (Wildman–Crippen MR) is 103 cm³/mol. The number of sulfonamides is 1. The van der Waals surface area contributed by atoms with Crippen molar-refractivity contribution < 1.29 is 17.9 Å². The van der Waals surface area contributed by atoms with E-state index in [1.54, 1.807) is 31.2 Å². The third kappa shape index (κ3) is 5.49. The highest BCUT2D eigenvalue weighted by atomic mass is 32.2. The molecule has 26 heavy (non-hydrogen) atoms. The maximum Gasteiger partial charge on any atom is 0.251 e. The molecule has 6 nitrogen and oxygen atoms in total. The first-order chi connectivity index (χ1) is 12.3. The third-order valence-corrected chi connectivity index (χ3v) is 5.02. The van der Waals surface area contributed by atoms with Crippen LogP contribution in [0.3, 0.4) is 0 Å². The second-order valence-electron chi connectivity index (χ2n) is 5.90. The Labute approximate surface area is 154 Å². The van der Waals surface area contributed by atoms with Crippen LogP contribution in [-0.2, 0) is 10.0 Å². The van der Waals surface area contributed by atoms with Crippen molar-refractivity contribution in [1.82, 2.24) is 5.32 Å². The number of aryl methyl sites for hydroxylation is 1. The standard InChI is InChI=1S/C19H24N2O4S/c1-4-21(26(3,23)24)17-10-8-16(9-11-17)19(22)20-12-13-25-18-7-5-6-15(2)14-18/h5-11,14H,4,12-13H2,1-3H3,(H,20,22). The topological polar surface area (TPSA) is 75.7 Å². The Hall–Kier alpha value is -2.54. The summed E-state index contributed by atoms with van der Waals surface area (Å²) in [6, 6.07) is 14.2. The molecular weight excluding hydrogens is 352 g/mol. The zero-order valence-corrected chi connectivity index (χ0v) is 16.0. The molecular formula is C19H24N2O4S. The van der Waals surface area contributed by atoms with Gasteiger partial charge in [-0.25, -0.2) is 8.42 Å². The summed E-state index contributed by atoms with van der Waals surface area (Å²) < 4.78 is 30.3. The molecule has 1 amide bonds. The number of benzene rings is 2. The van der Waals surface area contributed by atoms with Crippen molar-refractivity contribution in [3.8, 4) is 5.75 Å². The molecule has 2 rings (SSSR count). The van der Waals surface area contributed by atoms with E-state index in [2.05, 4.69) is 5.32 Å². The van der Waals surface area contributed by atoms with Gasteiger partial charge in [0.2, 0.25) is 10.0 Å². The van der Waals surface area contributed by atoms with Crippen molar-refractivity contribution in [3.63, 3.8) is 0 Å². The predicted octanol–water partition coefficient (Wildman–Crippen LogP) is 2.59. The number of nitrogens with zero attached hydrogens (tertiary/aromatic N) is 1. The lowest BCUT2D eigenvalue weighted by molar-refractivity contribution is 0.0947. The van der Waals surface area contributed by atoms with Crippen LogP contribution in [0.15, 0.2) is 48.5 Å². The number of amides is 1. The molecule has 0 aliphatic heterocycles. The summed E-state index contributed by atoms with van der Waals surface area (Å²) in [4.78, 5) is 12.2. The van der Waals surface area contributed by atoms with E-state index in [0.29, 0.717) is 30.9 Å². The van der Waals surface area contributed by atoms with Crippen LogP contribution in [-0.4, -0.2) is 40.3 Å². The molecule has 2 aromatic carbocycles. The molecule has 0 saturated heterocycles. The average molecular weight is 376 g/mol. The SMILES string of the molecule is CCN(c1ccc(C(=O)NCCOc2cccc(C)c2)cc1)S(C)(=O)=O. The van der Waals surface area contributed by atoms with Gasteiger partial charge in [0, 0.05) is 12.1 Å². The molecule has 7 heteroatoms. The highest BCUT2D eigenvalue weighted by Gasteiger charge is 2.15. The molecule has 0 aliphatic carbocycles. The van der Waals surface area contributed by atoms with Crippen molar-refractivity contribution >= 4 is 21.6 Å². The van der Waals surface area contributed by atoms with E-state index in [1.165, 1.54) is 4.31 Å². The van der Waals surface area contributed by atoms with Crippen molar-refractivity contribution in [2.45, 2.75) is 13.8 Å². The number of hydrogen-bond acceptors (Lipinski definition) is 4. The fourth-order valence-corrected chi connectivity index (χ4v) is 3.50. The van der Waals surface area contributed by atoms with Crippen LogP contribution in [0.2, 0.25) is 0 Å². The summed E-state index contributed by atoms with van der Waals surface area (Å²) in [7, 11) is -3.33. The number of carbonyl (C=O) groups excluding carboxylic acids is 1. The smallest absolute Gasteiger partial charge is 0.251 e. The van der Waals surface area contributed by atoms with E-state index in [-0.39, 0.29) is 5.91 Å². The van der Waals surface area contributed by atoms with Crippen LogP contribution in [0, 0.1) is 6.92 Å². The Morgan fingerprint density at radius 1 is 1.15 bits per heavy atom. The fraction of sp³-hybridized carbons (Fsp3) is 0.316. The molecule has 0 atom stereocenters. The monoisotopic (exact) mass is 376 g/mol. The van der Waals surface area contributed by atoms with Gasteiger partial charge in [-0.05, 0) is 55.8 Å². The van der Waals surface area contributed by atoms with Gasteiger partial charge in [0.05, 0.1) is 18.5 Å². The van der Waals surface area contributed by atoms with E-state index < -0.39 is 10.0 Å². The highest BCUT2D eigenvalue weighted by molar-refractivity contribution is 7.92. The summed E-state index contributed by atoms with van der Waals surface area (Å²) in [5.41, 5.74) is 2.12. The Morgan fingerprint density at radius 3 is 2.42 bits per heavy atom. The van der Waals surface area contributed by atoms with Crippen LogP contribution >= 0.6 is 0 Å². The normalized spacial score (nSPS) is 11.0. The minimum Gasteiger partial charge on any atom is -0.492 e. The summed E-state index contributed by atoms with van der Waals surface area (Å²) >= 11 is 0. The van der Waals surface area contributed by atoms with E-state index in [4.69, 9.17) is 4.74 Å². The average Bonchev–Trinajstić information content (AvgIpc) is 2.58. The van der Waals surface area contributed by atoms with Gasteiger partial charge in [-0.15, -0.1) is 0 Å². The van der Waals surface area contributed by atoms with Crippen molar-refractivity contribution in [1.29, 1.82) is 0 Å². The molecule has 140 valence electrons. The van der Waals surface area contributed by atoms with E-state index in [0.717, 1.165) is 17.6 Å². The molecule has 2 aromatic rings. The summed E-state index contributed by atoms with van der Waals surface area (Å²) in [6.45, 7) is 4.82. The lowest BCUT2D eigenvalue weighted by Gasteiger charge is -2.20. The van der Waals surface area contributed by atoms with Crippen LogP contribution in [0.1, 0.15) is 22.8 Å². The van der Waals surface area contributed by atoms with Gasteiger partial charge in [0.15, 0.2) is 0 Å². The fourth-order valence-electron chi connectivity index (χ4n) is 2.53. The zero-order valence-electron chi connectivity index (χ0n) is 15.2. The molecule has 0 radical (unpaired) electrons. The Morgan fingerprint density at radius 2 is 1.85 bits per heavy atom. The zero-order chi connectivity index (χ0) is 19.2. The lowest BCUT2D eigenvalue weighted by atomic mass is 10.2. The number of rotatable bonds is 8. The summed E-state index contributed by atoms with van der Waals surface area (Å²) in [5.74, 6) is 0.538. The van der Waals surface area contributed by atoms with Crippen molar-refractivity contribution in [2.75, 3.05) is 30.3 Å². The maximum atomic E-state index is 12.2. The maximum absolute atomic E-state index is 12.2. The second-order valence-corrected chi connectivity index (χ2v) is 7.80. The molecule has 0 fully saturated rings. The van der Waals surface area contributed by atoms with Crippen molar-refractivity contribution in [3.05, 3.63) is 59.7 Å². The highest BCUT2D eigenvalue weighted by Crippen LogP contribution is 2.18. The Balaban J connectivity index is 1.88. The van der Waals surface area contributed by atoms with Gasteiger partial charge < -0.3 is 10.1 Å². The largest absolute Gasteiger partial charge is 0.492 e. The van der Waals surface area contributed by atoms with Crippen molar-refractivity contribution in [2.24, 2.45) is 0 Å². The third-order valence-electron chi connectivity index (χ3n) is 3.75. The van der Waals surface area contributed by atoms with Crippen LogP contribution in [0.4, 0.5) is 5.69 Å². The number of carbonyl (C=O) groups is 1. The molecule has 0 aromatic heterocycles. The quantitative estimate of drug-likeness (QED) is 0.719. The van der Waals surface area contributed by atoms with Gasteiger partial charge in [0.1, 0.15) is 12.4 Å². The molecule has 0 spiro atoms. The first-order valence-corrected chi connectivity index (χ1v) is 10.2. The summed E-state index contributed by atoms with van der Waals surface area (Å²) in [5, 5.41) is 2.78. The van der Waals surface area contributed by atoms with Gasteiger partial charge in [-0.3, -0.25) is 9.10 Å². The number of anilines is 1. The number of nitrogens with one attached hydrogen (secondary N) is 1. The Kier molecular flexibility index (Phi) is 6.63. The molecule has 0 aliphatic rings. The van der Waals surface area contributed by atoms with Gasteiger partial charge >= 0.3 is 0 Å². The van der Waals surface area contributed by atoms with E-state index in [9.17, 15) is 13.2 Å². The molecule has 0 heterocycles. The second kappa shape index (κ2) is 8.71. The van der Waals surface area contributed by atoms with Gasteiger partial charge in [-0.1, -0.05) is 12.1 Å². The molecule has 0 unspecified atom stereocenters. The number of ether oxygens (including phenoxy) is 1. The lowest BCUT2D eigenvalue weighted by Crippen LogP contribution is -2.30. The summed E-state index contributed by atoms with van der Waals surface area (Å²) in [6.07, 6.45) is 1.16. The van der Waals surface area contributed by atoms with Crippen LogP contribution < -0.4 is 14.4 Å². The first-order valence-electron chi connectivity index (χ1n) is 8.36. The van der Waals surface area contributed by atoms with E-state index >= 15 is 0 Å². The van der Waals surface area contributed by atoms with Gasteiger partial charge in [0.25, 0.3) is 5.91 Å². The van der Waals surface area contributed by atoms with Gasteiger partial charge in [-0.2, -0.15) is 0 Å². The number of hydrogen-bond donors (Lipinski definition) is 1. The molecule has 1 N–H and O–H groups in total. The first kappa shape index (κ1) is 19.8. The minimum atomic E-state index is -3.33. The minimum absolute atomic E-state index is 0.230. The molecule has 0 saturated carbocycles. The van der Waals surface area contributed by atoms with Crippen LogP contribution in [0.5, 0.6) is 5.75 Å². The van der Waals surface area contributed by atoms with Crippen LogP contribution in [0.25, 0.3) is 0 Å². The molecule has 0 bridgehead atoms.